The highest BCUT2D eigenvalue weighted by Crippen LogP contribution is 2.39. The van der Waals surface area contributed by atoms with E-state index in [-0.39, 0.29) is 17.9 Å². The van der Waals surface area contributed by atoms with E-state index in [2.05, 4.69) is 32.0 Å². The Labute approximate surface area is 118 Å². The van der Waals surface area contributed by atoms with Gasteiger partial charge in [-0.2, -0.15) is 0 Å². The van der Waals surface area contributed by atoms with E-state index in [0.29, 0.717) is 11.3 Å². The van der Waals surface area contributed by atoms with Gasteiger partial charge in [-0.1, -0.05) is 40.5 Å². The molecule has 0 spiro atoms. The molecule has 0 bridgehead atoms. The predicted molar refractivity (Wildman–Crippen MR) is 80.5 cm³/mol. The van der Waals surface area contributed by atoms with Crippen molar-refractivity contribution in [3.05, 3.63) is 0 Å². The molecule has 1 fully saturated rings. The quantitative estimate of drug-likeness (QED) is 0.774. The number of amides is 1. The van der Waals surface area contributed by atoms with Gasteiger partial charge < -0.3 is 5.32 Å². The maximum atomic E-state index is 12.2. The van der Waals surface area contributed by atoms with Gasteiger partial charge in [-0.15, -0.1) is 6.42 Å². The van der Waals surface area contributed by atoms with E-state index in [1.54, 1.807) is 0 Å². The molecule has 1 amide bonds. The van der Waals surface area contributed by atoms with E-state index < -0.39 is 0 Å². The molecule has 0 aromatic carbocycles. The van der Waals surface area contributed by atoms with E-state index in [1.165, 1.54) is 0 Å². The minimum Gasteiger partial charge on any atom is -0.342 e. The van der Waals surface area contributed by atoms with Crippen LogP contribution in [0.5, 0.6) is 0 Å². The minimum absolute atomic E-state index is 0.132. The Bertz CT molecular complexity index is 337. The number of nitrogens with one attached hydrogen (secondary N) is 1. The molecule has 2 nitrogen and oxygen atoms in total. The van der Waals surface area contributed by atoms with Gasteiger partial charge in [-0.3, -0.25) is 4.79 Å². The van der Waals surface area contributed by atoms with Crippen LogP contribution in [0, 0.1) is 35.5 Å². The van der Waals surface area contributed by atoms with E-state index in [9.17, 15) is 4.79 Å². The van der Waals surface area contributed by atoms with E-state index in [4.69, 9.17) is 6.42 Å². The summed E-state index contributed by atoms with van der Waals surface area (Å²) in [6, 6.07) is -0.132. The van der Waals surface area contributed by atoms with Gasteiger partial charge in [0.1, 0.15) is 0 Å². The van der Waals surface area contributed by atoms with Crippen LogP contribution < -0.4 is 5.32 Å². The van der Waals surface area contributed by atoms with Crippen LogP contribution in [0.15, 0.2) is 0 Å². The van der Waals surface area contributed by atoms with Crippen molar-refractivity contribution in [2.24, 2.45) is 23.2 Å². The van der Waals surface area contributed by atoms with Crippen LogP contribution in [0.2, 0.25) is 0 Å². The van der Waals surface area contributed by atoms with Gasteiger partial charge in [0.05, 0.1) is 6.04 Å². The fourth-order valence-electron chi connectivity index (χ4n) is 2.89. The van der Waals surface area contributed by atoms with Crippen molar-refractivity contribution in [2.75, 3.05) is 0 Å². The van der Waals surface area contributed by atoms with Crippen LogP contribution in [0.4, 0.5) is 0 Å². The zero-order valence-corrected chi connectivity index (χ0v) is 13.1. The standard InChI is InChI=1S/C17H29NO/c1-7-15(12(2)3)18-16(19)13-8-10-14(11-9-13)17(4,5)6/h1,12-15H,8-11H2,2-6H3,(H,18,19). The summed E-state index contributed by atoms with van der Waals surface area (Å²) >= 11 is 0. The average Bonchev–Trinajstić information content (AvgIpc) is 2.34. The summed E-state index contributed by atoms with van der Waals surface area (Å²) in [6.07, 6.45) is 9.79. The molecule has 1 saturated carbocycles. The molecule has 2 heteroatoms. The van der Waals surface area contributed by atoms with Gasteiger partial charge in [0.25, 0.3) is 0 Å². The van der Waals surface area contributed by atoms with E-state index in [1.807, 2.05) is 13.8 Å². The van der Waals surface area contributed by atoms with Crippen LogP contribution in [0.3, 0.4) is 0 Å². The monoisotopic (exact) mass is 263 g/mol. The number of rotatable bonds is 3. The highest BCUT2D eigenvalue weighted by Gasteiger charge is 2.32. The molecule has 1 rings (SSSR count). The summed E-state index contributed by atoms with van der Waals surface area (Å²) in [5.74, 6) is 4.02. The SMILES string of the molecule is C#CC(NC(=O)C1CCC(C(C)(C)C)CC1)C(C)C. The summed E-state index contributed by atoms with van der Waals surface area (Å²) in [5, 5.41) is 3.01. The van der Waals surface area contributed by atoms with Gasteiger partial charge in [0.2, 0.25) is 5.91 Å². The number of carbonyl (C=O) groups excluding carboxylic acids is 1. The molecule has 1 unspecified atom stereocenters. The summed E-state index contributed by atoms with van der Waals surface area (Å²) in [6.45, 7) is 11.0. The van der Waals surface area contributed by atoms with Crippen LogP contribution in [-0.4, -0.2) is 11.9 Å². The predicted octanol–water partition coefficient (Wildman–Crippen LogP) is 3.61. The van der Waals surface area contributed by atoms with Crippen LogP contribution >= 0.6 is 0 Å². The molecule has 1 N–H and O–H groups in total. The molecule has 0 radical (unpaired) electrons. The molecular formula is C17H29NO. The molecule has 0 aromatic rings. The molecule has 1 atom stereocenters. The zero-order valence-electron chi connectivity index (χ0n) is 13.1. The molecule has 0 aromatic heterocycles. The number of hydrogen-bond donors (Lipinski definition) is 1. The van der Waals surface area contributed by atoms with Crippen molar-refractivity contribution in [3.8, 4) is 12.3 Å². The van der Waals surface area contributed by atoms with Crippen LogP contribution in [0.25, 0.3) is 0 Å². The summed E-state index contributed by atoms with van der Waals surface area (Å²) < 4.78 is 0. The lowest BCUT2D eigenvalue weighted by Gasteiger charge is -2.36. The first-order chi connectivity index (χ1) is 8.75. The summed E-state index contributed by atoms with van der Waals surface area (Å²) in [5.41, 5.74) is 0.362. The van der Waals surface area contributed by atoms with Gasteiger partial charge in [0, 0.05) is 5.92 Å². The Kier molecular flexibility index (Phi) is 5.47. The second kappa shape index (κ2) is 6.46. The fourth-order valence-corrected chi connectivity index (χ4v) is 2.89. The first-order valence-electron chi connectivity index (χ1n) is 7.52. The lowest BCUT2D eigenvalue weighted by Crippen LogP contribution is -2.42. The largest absolute Gasteiger partial charge is 0.342 e. The number of terminal acetylenes is 1. The molecule has 1 aliphatic carbocycles. The van der Waals surface area contributed by atoms with Crippen molar-refractivity contribution in [1.82, 2.24) is 5.32 Å². The third-order valence-electron chi connectivity index (χ3n) is 4.47. The van der Waals surface area contributed by atoms with Crippen molar-refractivity contribution >= 4 is 5.91 Å². The van der Waals surface area contributed by atoms with E-state index in [0.717, 1.165) is 31.6 Å². The van der Waals surface area contributed by atoms with Crippen molar-refractivity contribution in [1.29, 1.82) is 0 Å². The Morgan fingerprint density at radius 2 is 1.74 bits per heavy atom. The van der Waals surface area contributed by atoms with Gasteiger partial charge >= 0.3 is 0 Å². The van der Waals surface area contributed by atoms with Gasteiger partial charge in [-0.25, -0.2) is 0 Å². The highest BCUT2D eigenvalue weighted by molar-refractivity contribution is 5.79. The highest BCUT2D eigenvalue weighted by atomic mass is 16.1. The zero-order chi connectivity index (χ0) is 14.6. The minimum atomic E-state index is -0.132. The lowest BCUT2D eigenvalue weighted by atomic mass is 9.69. The fraction of sp³-hybridized carbons (Fsp3) is 0.824. The summed E-state index contributed by atoms with van der Waals surface area (Å²) in [4.78, 5) is 12.2. The Morgan fingerprint density at radius 3 is 2.11 bits per heavy atom. The van der Waals surface area contributed by atoms with Gasteiger partial charge in [-0.05, 0) is 42.9 Å². The topological polar surface area (TPSA) is 29.1 Å². The molecule has 0 aliphatic heterocycles. The molecule has 1 aliphatic rings. The first-order valence-corrected chi connectivity index (χ1v) is 7.52. The lowest BCUT2D eigenvalue weighted by molar-refractivity contribution is -0.127. The van der Waals surface area contributed by atoms with Crippen molar-refractivity contribution in [3.63, 3.8) is 0 Å². The second-order valence-electron chi connectivity index (χ2n) is 7.31. The maximum Gasteiger partial charge on any atom is 0.224 e. The number of hydrogen-bond acceptors (Lipinski definition) is 1. The molecular weight excluding hydrogens is 234 g/mol. The molecule has 0 heterocycles. The van der Waals surface area contributed by atoms with Crippen molar-refractivity contribution in [2.45, 2.75) is 66.3 Å². The summed E-state index contributed by atoms with van der Waals surface area (Å²) in [7, 11) is 0. The molecule has 108 valence electrons. The second-order valence-corrected chi connectivity index (χ2v) is 7.31. The maximum absolute atomic E-state index is 12.2. The third-order valence-corrected chi connectivity index (χ3v) is 4.47. The van der Waals surface area contributed by atoms with Crippen molar-refractivity contribution < 1.29 is 4.79 Å². The van der Waals surface area contributed by atoms with E-state index >= 15 is 0 Å². The average molecular weight is 263 g/mol. The normalized spacial score (nSPS) is 25.7. The van der Waals surface area contributed by atoms with Crippen LogP contribution in [0.1, 0.15) is 60.3 Å². The Hall–Kier alpha value is -0.970. The Balaban J connectivity index is 2.48. The molecule has 0 saturated heterocycles. The third kappa shape index (κ3) is 4.56. The smallest absolute Gasteiger partial charge is 0.224 e. The first kappa shape index (κ1) is 16.1. The Morgan fingerprint density at radius 1 is 1.21 bits per heavy atom. The number of carbonyl (C=O) groups is 1. The van der Waals surface area contributed by atoms with Crippen LogP contribution in [-0.2, 0) is 4.79 Å². The molecule has 19 heavy (non-hydrogen) atoms. The van der Waals surface area contributed by atoms with Gasteiger partial charge in [0.15, 0.2) is 0 Å².